The van der Waals surface area contributed by atoms with E-state index in [1.807, 2.05) is 4.57 Å². The third-order valence-corrected chi connectivity index (χ3v) is 6.59. The molecule has 5 unspecified atom stereocenters. The maximum atomic E-state index is 14.7. The Hall–Kier alpha value is -3.15. The van der Waals surface area contributed by atoms with E-state index in [4.69, 9.17) is 16.3 Å². The van der Waals surface area contributed by atoms with Gasteiger partial charge in [0.2, 0.25) is 6.23 Å². The van der Waals surface area contributed by atoms with Crippen LogP contribution in [-0.4, -0.2) is 56.0 Å². The zero-order valence-electron chi connectivity index (χ0n) is 18.4. The number of halogens is 2. The number of rotatable bonds is 3. The molecule has 1 saturated heterocycles. The van der Waals surface area contributed by atoms with Gasteiger partial charge in [-0.15, -0.1) is 0 Å². The van der Waals surface area contributed by atoms with Crippen molar-refractivity contribution < 1.29 is 38.9 Å². The van der Waals surface area contributed by atoms with Crippen molar-refractivity contribution in [3.8, 4) is 5.69 Å². The minimum absolute atomic E-state index is 0.113. The highest BCUT2D eigenvalue weighted by Crippen LogP contribution is 2.31. The molecule has 3 N–H and O–H groups in total. The van der Waals surface area contributed by atoms with E-state index in [0.717, 1.165) is 0 Å². The van der Waals surface area contributed by atoms with Crippen molar-refractivity contribution in [2.45, 2.75) is 44.1 Å². The van der Waals surface area contributed by atoms with Crippen LogP contribution in [-0.2, 0) is 16.1 Å². The quantitative estimate of drug-likeness (QED) is 0.431. The van der Waals surface area contributed by atoms with Crippen molar-refractivity contribution in [2.24, 2.45) is 4.99 Å². The maximum Gasteiger partial charge on any atom is 0.261 e. The number of aliphatic carboxylic acids is 1. The zero-order chi connectivity index (χ0) is 25.0. The molecule has 5 atom stereocenters. The second-order valence-electron chi connectivity index (χ2n) is 8.45. The van der Waals surface area contributed by atoms with Gasteiger partial charge < -0.3 is 30.0 Å². The van der Waals surface area contributed by atoms with Gasteiger partial charge in [-0.2, -0.15) is 4.57 Å². The summed E-state index contributed by atoms with van der Waals surface area (Å²) < 4.78 is 23.4. The number of aliphatic hydroxyl groups excluding tert-OH is 3. The molecule has 0 amide bonds. The third kappa shape index (κ3) is 3.83. The normalized spacial score (nSPS) is 25.9. The van der Waals surface area contributed by atoms with E-state index in [1.165, 1.54) is 10.6 Å². The average Bonchev–Trinajstić information content (AvgIpc) is 3.05. The third-order valence-electron chi connectivity index (χ3n) is 6.35. The molecule has 9 nitrogen and oxygen atoms in total. The molecule has 3 aromatic rings. The van der Waals surface area contributed by atoms with Crippen LogP contribution in [0, 0.1) is 12.7 Å². The van der Waals surface area contributed by atoms with Crippen molar-refractivity contribution in [1.82, 2.24) is 4.57 Å². The SMILES string of the molecule is Cc1n2c(c[n+]1C1OC(C(=O)[O-])C(O)C(O)C1O)CN=C(c1ccccc1F)c1cc(Cl)ccc1-2. The minimum atomic E-state index is -1.86. The van der Waals surface area contributed by atoms with Crippen LogP contribution in [0.25, 0.3) is 5.69 Å². The lowest BCUT2D eigenvalue weighted by Gasteiger charge is -2.39. The average molecular weight is 502 g/mol. The summed E-state index contributed by atoms with van der Waals surface area (Å²) in [7, 11) is 0. The number of aromatic nitrogens is 2. The van der Waals surface area contributed by atoms with Crippen molar-refractivity contribution in [1.29, 1.82) is 0 Å². The lowest BCUT2D eigenvalue weighted by molar-refractivity contribution is -0.781. The van der Waals surface area contributed by atoms with Gasteiger partial charge in [-0.3, -0.25) is 4.99 Å². The Morgan fingerprint density at radius 3 is 2.63 bits per heavy atom. The first-order valence-corrected chi connectivity index (χ1v) is 11.2. The maximum absolute atomic E-state index is 14.7. The molecular weight excluding hydrogens is 481 g/mol. The van der Waals surface area contributed by atoms with Crippen LogP contribution in [0.15, 0.2) is 53.7 Å². The van der Waals surface area contributed by atoms with Crippen molar-refractivity contribution >= 4 is 23.3 Å². The molecule has 2 aliphatic rings. The molecule has 11 heteroatoms. The molecular formula is C24H21ClFN3O6. The summed E-state index contributed by atoms with van der Waals surface area (Å²) in [6.45, 7) is 1.82. The van der Waals surface area contributed by atoms with E-state index in [-0.39, 0.29) is 6.54 Å². The Morgan fingerprint density at radius 2 is 1.91 bits per heavy atom. The largest absolute Gasteiger partial charge is 0.547 e. The molecule has 3 heterocycles. The molecule has 0 bridgehead atoms. The summed E-state index contributed by atoms with van der Waals surface area (Å²) in [6, 6.07) is 11.4. The van der Waals surface area contributed by atoms with Gasteiger partial charge in [0.15, 0.2) is 5.69 Å². The standard InChI is InChI=1S/C24H21ClFN3O6/c1-11-28(23-21(32)19(30)20(31)22(35-23)24(33)34)10-13-9-27-18(14-4-2-3-5-16(14)26)15-8-12(25)6-7-17(15)29(11)13/h2-8,10,19-23,30-32H,9H2,1H3. The number of imidazole rings is 1. The van der Waals surface area contributed by atoms with E-state index in [2.05, 4.69) is 4.99 Å². The van der Waals surface area contributed by atoms with Gasteiger partial charge in [0, 0.05) is 23.1 Å². The molecule has 1 fully saturated rings. The number of hydrogen-bond donors (Lipinski definition) is 3. The van der Waals surface area contributed by atoms with Crippen LogP contribution in [0.2, 0.25) is 5.02 Å². The van der Waals surface area contributed by atoms with Gasteiger partial charge in [-0.25, -0.2) is 8.96 Å². The van der Waals surface area contributed by atoms with Gasteiger partial charge >= 0.3 is 0 Å². The van der Waals surface area contributed by atoms with Gasteiger partial charge in [0.25, 0.3) is 5.82 Å². The summed E-state index contributed by atoms with van der Waals surface area (Å²) in [5.41, 5.74) is 2.55. The Morgan fingerprint density at radius 1 is 1.17 bits per heavy atom. The van der Waals surface area contributed by atoms with Crippen LogP contribution in [0.1, 0.15) is 28.9 Å². The number of carboxylic acid groups (broad SMARTS) is 1. The van der Waals surface area contributed by atoms with Crippen molar-refractivity contribution in [3.05, 3.63) is 82.1 Å². The minimum Gasteiger partial charge on any atom is -0.547 e. The summed E-state index contributed by atoms with van der Waals surface area (Å²) in [4.78, 5) is 16.1. The lowest BCUT2D eigenvalue weighted by Crippen LogP contribution is -2.65. The van der Waals surface area contributed by atoms with Crippen LogP contribution in [0.5, 0.6) is 0 Å². The molecule has 182 valence electrons. The Kier molecular flexibility index (Phi) is 5.94. The smallest absolute Gasteiger partial charge is 0.261 e. The molecule has 0 aliphatic carbocycles. The van der Waals surface area contributed by atoms with Crippen LogP contribution in [0.4, 0.5) is 4.39 Å². The second-order valence-corrected chi connectivity index (χ2v) is 8.89. The number of carbonyl (C=O) groups is 1. The van der Waals surface area contributed by atoms with Gasteiger partial charge in [-0.05, 0) is 30.3 Å². The first kappa shape index (κ1) is 23.6. The molecule has 2 aromatic carbocycles. The van der Waals surface area contributed by atoms with E-state index in [1.54, 1.807) is 49.5 Å². The number of carboxylic acids is 1. The van der Waals surface area contributed by atoms with Gasteiger partial charge in [0.1, 0.15) is 48.7 Å². The molecule has 0 spiro atoms. The lowest BCUT2D eigenvalue weighted by atomic mass is 9.98. The first-order chi connectivity index (χ1) is 16.7. The van der Waals surface area contributed by atoms with Crippen LogP contribution >= 0.6 is 11.6 Å². The molecule has 0 radical (unpaired) electrons. The number of hydrogen-bond acceptors (Lipinski definition) is 7. The highest BCUT2D eigenvalue weighted by molar-refractivity contribution is 6.31. The fourth-order valence-corrected chi connectivity index (χ4v) is 4.81. The van der Waals surface area contributed by atoms with Crippen LogP contribution in [0.3, 0.4) is 0 Å². The van der Waals surface area contributed by atoms with E-state index in [0.29, 0.717) is 39.1 Å². The number of fused-ring (bicyclic) bond motifs is 3. The molecule has 1 aromatic heterocycles. The number of nitrogens with zero attached hydrogens (tertiary/aromatic N) is 3. The number of aliphatic imine (C=N–C) groups is 1. The predicted octanol–water partition coefficient (Wildman–Crippen LogP) is -0.0533. The van der Waals surface area contributed by atoms with E-state index >= 15 is 0 Å². The first-order valence-electron chi connectivity index (χ1n) is 10.8. The fraction of sp³-hybridized carbons (Fsp3) is 0.292. The molecule has 2 aliphatic heterocycles. The number of benzene rings is 2. The van der Waals surface area contributed by atoms with Crippen molar-refractivity contribution in [2.75, 3.05) is 0 Å². The van der Waals surface area contributed by atoms with E-state index in [9.17, 15) is 29.6 Å². The summed E-state index contributed by atoms with van der Waals surface area (Å²) in [5.74, 6) is -1.65. The Labute approximate surface area is 203 Å². The summed E-state index contributed by atoms with van der Waals surface area (Å²) >= 11 is 6.28. The highest BCUT2D eigenvalue weighted by Gasteiger charge is 2.48. The van der Waals surface area contributed by atoms with E-state index < -0.39 is 42.4 Å². The molecule has 5 rings (SSSR count). The summed E-state index contributed by atoms with van der Waals surface area (Å²) in [5, 5.41) is 42.7. The number of carbonyl (C=O) groups excluding carboxylic acids is 1. The predicted molar refractivity (Wildman–Crippen MR) is 118 cm³/mol. The van der Waals surface area contributed by atoms with Gasteiger partial charge in [0.05, 0.1) is 11.7 Å². The second kappa shape index (κ2) is 8.81. The fourth-order valence-electron chi connectivity index (χ4n) is 4.64. The topological polar surface area (TPSA) is 131 Å². The molecule has 35 heavy (non-hydrogen) atoms. The zero-order valence-corrected chi connectivity index (χ0v) is 19.1. The highest BCUT2D eigenvalue weighted by atomic mass is 35.5. The Balaban J connectivity index is 1.65. The Bertz CT molecular complexity index is 1360. The van der Waals surface area contributed by atoms with Crippen LogP contribution < -0.4 is 9.67 Å². The summed E-state index contributed by atoms with van der Waals surface area (Å²) in [6.07, 6.45) is -6.84. The van der Waals surface area contributed by atoms with Gasteiger partial charge in [-0.1, -0.05) is 23.7 Å². The van der Waals surface area contributed by atoms with Crippen molar-refractivity contribution in [3.63, 3.8) is 0 Å². The molecule has 0 saturated carbocycles. The monoisotopic (exact) mass is 501 g/mol. The number of aliphatic hydroxyl groups is 3. The number of ether oxygens (including phenoxy) is 1.